The van der Waals surface area contributed by atoms with Gasteiger partial charge in [0.15, 0.2) is 0 Å². The lowest BCUT2D eigenvalue weighted by Crippen LogP contribution is -2.33. The second-order valence-electron chi connectivity index (χ2n) is 4.37. The molecular weight excluding hydrogens is 218 g/mol. The molecule has 94 valence electrons. The number of phenols is 1. The van der Waals surface area contributed by atoms with Crippen LogP contribution in [0.5, 0.6) is 11.5 Å². The Balaban J connectivity index is 2.06. The number of rotatable bonds is 5. The van der Waals surface area contributed by atoms with Crippen LogP contribution in [0.15, 0.2) is 18.2 Å². The Morgan fingerprint density at radius 2 is 2.35 bits per heavy atom. The van der Waals surface area contributed by atoms with Crippen LogP contribution in [-0.4, -0.2) is 29.5 Å². The third-order valence-electron chi connectivity index (χ3n) is 3.19. The number of aliphatic hydroxyl groups is 1. The first-order chi connectivity index (χ1) is 8.24. The zero-order chi connectivity index (χ0) is 12.3. The molecule has 0 fully saturated rings. The fraction of sp³-hybridized carbons (Fsp3) is 0.538. The molecular formula is C13H19NO3. The van der Waals surface area contributed by atoms with E-state index in [1.54, 1.807) is 12.1 Å². The maximum Gasteiger partial charge on any atom is 0.127 e. The second-order valence-corrected chi connectivity index (χ2v) is 4.37. The highest BCUT2D eigenvalue weighted by molar-refractivity contribution is 5.44. The lowest BCUT2D eigenvalue weighted by molar-refractivity contribution is 0.243. The van der Waals surface area contributed by atoms with Crippen molar-refractivity contribution in [3.05, 3.63) is 23.8 Å². The van der Waals surface area contributed by atoms with Crippen molar-refractivity contribution >= 4 is 0 Å². The maximum absolute atomic E-state index is 9.36. The predicted octanol–water partition coefficient (Wildman–Crippen LogP) is 1.58. The van der Waals surface area contributed by atoms with Crippen molar-refractivity contribution in [3.8, 4) is 11.5 Å². The van der Waals surface area contributed by atoms with Crippen LogP contribution in [0, 0.1) is 0 Å². The monoisotopic (exact) mass is 237 g/mol. The average molecular weight is 237 g/mol. The number of hydrogen-bond donors (Lipinski definition) is 3. The van der Waals surface area contributed by atoms with Crippen LogP contribution in [0.3, 0.4) is 0 Å². The van der Waals surface area contributed by atoms with E-state index < -0.39 is 0 Å². The normalized spacial score (nSPS) is 19.8. The van der Waals surface area contributed by atoms with Gasteiger partial charge in [-0.1, -0.05) is 6.92 Å². The van der Waals surface area contributed by atoms with Crippen LogP contribution in [0.1, 0.15) is 31.4 Å². The first-order valence-corrected chi connectivity index (χ1v) is 6.07. The van der Waals surface area contributed by atoms with E-state index in [0.29, 0.717) is 12.6 Å². The largest absolute Gasteiger partial charge is 0.508 e. The Morgan fingerprint density at radius 1 is 1.53 bits per heavy atom. The molecule has 1 aromatic rings. The Labute approximate surface area is 101 Å². The molecule has 1 aliphatic heterocycles. The van der Waals surface area contributed by atoms with Gasteiger partial charge in [-0.15, -0.1) is 0 Å². The molecule has 1 aliphatic rings. The summed E-state index contributed by atoms with van der Waals surface area (Å²) in [4.78, 5) is 0. The summed E-state index contributed by atoms with van der Waals surface area (Å²) in [5, 5.41) is 21.8. The van der Waals surface area contributed by atoms with E-state index in [4.69, 9.17) is 9.84 Å². The van der Waals surface area contributed by atoms with Crippen LogP contribution in [0.4, 0.5) is 0 Å². The summed E-state index contributed by atoms with van der Waals surface area (Å²) in [5.74, 6) is 0.980. The Hall–Kier alpha value is -1.26. The summed E-state index contributed by atoms with van der Waals surface area (Å²) in [6.45, 7) is 2.88. The van der Waals surface area contributed by atoms with Crippen molar-refractivity contribution in [2.45, 2.75) is 31.8 Å². The fourth-order valence-corrected chi connectivity index (χ4v) is 2.18. The molecule has 0 spiro atoms. The SMILES string of the molecule is CCC(CCO)NC1COc2cc(O)ccc21. The lowest BCUT2D eigenvalue weighted by atomic mass is 10.1. The van der Waals surface area contributed by atoms with Crippen molar-refractivity contribution in [1.82, 2.24) is 5.32 Å². The van der Waals surface area contributed by atoms with Gasteiger partial charge in [0.1, 0.15) is 18.1 Å². The van der Waals surface area contributed by atoms with Crippen LogP contribution >= 0.6 is 0 Å². The molecule has 1 heterocycles. The quantitative estimate of drug-likeness (QED) is 0.727. The summed E-state index contributed by atoms with van der Waals surface area (Å²) < 4.78 is 5.53. The van der Waals surface area contributed by atoms with E-state index in [1.165, 1.54) is 0 Å². The third-order valence-corrected chi connectivity index (χ3v) is 3.19. The van der Waals surface area contributed by atoms with Gasteiger partial charge in [-0.3, -0.25) is 0 Å². The van der Waals surface area contributed by atoms with Crippen LogP contribution in [-0.2, 0) is 0 Å². The van der Waals surface area contributed by atoms with E-state index in [1.807, 2.05) is 6.07 Å². The molecule has 2 rings (SSSR count). The van der Waals surface area contributed by atoms with Crippen LogP contribution in [0.25, 0.3) is 0 Å². The molecule has 4 nitrogen and oxygen atoms in total. The van der Waals surface area contributed by atoms with Gasteiger partial charge in [-0.2, -0.15) is 0 Å². The van der Waals surface area contributed by atoms with Gasteiger partial charge in [0.25, 0.3) is 0 Å². The lowest BCUT2D eigenvalue weighted by Gasteiger charge is -2.20. The predicted molar refractivity (Wildman–Crippen MR) is 65.3 cm³/mol. The number of phenolic OH excluding ortho intramolecular Hbond substituents is 1. The molecule has 2 unspecified atom stereocenters. The van der Waals surface area contributed by atoms with Crippen LogP contribution < -0.4 is 10.1 Å². The highest BCUT2D eigenvalue weighted by atomic mass is 16.5. The van der Waals surface area contributed by atoms with Gasteiger partial charge < -0.3 is 20.3 Å². The molecule has 4 heteroatoms. The molecule has 0 aromatic heterocycles. The van der Waals surface area contributed by atoms with Crippen molar-refractivity contribution in [2.75, 3.05) is 13.2 Å². The topological polar surface area (TPSA) is 61.7 Å². The molecule has 2 atom stereocenters. The minimum atomic E-state index is 0.155. The molecule has 0 saturated heterocycles. The first-order valence-electron chi connectivity index (χ1n) is 6.07. The number of ether oxygens (including phenoxy) is 1. The summed E-state index contributed by atoms with van der Waals surface area (Å²) in [6, 6.07) is 5.66. The number of aromatic hydroxyl groups is 1. The first kappa shape index (κ1) is 12.2. The van der Waals surface area contributed by atoms with Crippen molar-refractivity contribution in [1.29, 1.82) is 0 Å². The van der Waals surface area contributed by atoms with Gasteiger partial charge in [0, 0.05) is 24.3 Å². The minimum Gasteiger partial charge on any atom is -0.508 e. The molecule has 0 amide bonds. The molecule has 0 radical (unpaired) electrons. The van der Waals surface area contributed by atoms with E-state index in [0.717, 1.165) is 24.2 Å². The summed E-state index contributed by atoms with van der Waals surface area (Å²) in [5.41, 5.74) is 1.08. The third kappa shape index (κ3) is 2.70. The van der Waals surface area contributed by atoms with Gasteiger partial charge in [-0.05, 0) is 25.0 Å². The maximum atomic E-state index is 9.36. The summed E-state index contributed by atoms with van der Waals surface area (Å²) in [7, 11) is 0. The smallest absolute Gasteiger partial charge is 0.127 e. The number of nitrogens with one attached hydrogen (secondary N) is 1. The second kappa shape index (κ2) is 5.38. The Morgan fingerprint density at radius 3 is 3.06 bits per heavy atom. The zero-order valence-electron chi connectivity index (χ0n) is 10.0. The molecule has 0 aliphatic carbocycles. The highest BCUT2D eigenvalue weighted by Crippen LogP contribution is 2.35. The number of hydrogen-bond acceptors (Lipinski definition) is 4. The molecule has 17 heavy (non-hydrogen) atoms. The van der Waals surface area contributed by atoms with E-state index in [-0.39, 0.29) is 18.4 Å². The molecule has 1 aromatic carbocycles. The average Bonchev–Trinajstić information content (AvgIpc) is 2.71. The zero-order valence-corrected chi connectivity index (χ0v) is 10.0. The highest BCUT2D eigenvalue weighted by Gasteiger charge is 2.25. The standard InChI is InChI=1S/C13H19NO3/c1-2-9(5-6-15)14-12-8-17-13-7-10(16)3-4-11(12)13/h3-4,7,9,12,14-16H,2,5-6,8H2,1H3. The van der Waals surface area contributed by atoms with Crippen molar-refractivity contribution in [2.24, 2.45) is 0 Å². The van der Waals surface area contributed by atoms with Crippen molar-refractivity contribution < 1.29 is 14.9 Å². The van der Waals surface area contributed by atoms with E-state index in [9.17, 15) is 5.11 Å². The van der Waals surface area contributed by atoms with Gasteiger partial charge >= 0.3 is 0 Å². The number of benzene rings is 1. The summed E-state index contributed by atoms with van der Waals surface area (Å²) >= 11 is 0. The number of aliphatic hydroxyl groups excluding tert-OH is 1. The molecule has 3 N–H and O–H groups in total. The summed E-state index contributed by atoms with van der Waals surface area (Å²) in [6.07, 6.45) is 1.73. The van der Waals surface area contributed by atoms with Gasteiger partial charge in [0.05, 0.1) is 6.04 Å². The fourth-order valence-electron chi connectivity index (χ4n) is 2.18. The molecule has 0 bridgehead atoms. The Kier molecular flexibility index (Phi) is 3.86. The van der Waals surface area contributed by atoms with Gasteiger partial charge in [0.2, 0.25) is 0 Å². The number of fused-ring (bicyclic) bond motifs is 1. The minimum absolute atomic E-state index is 0.155. The van der Waals surface area contributed by atoms with Crippen LogP contribution in [0.2, 0.25) is 0 Å². The van der Waals surface area contributed by atoms with E-state index >= 15 is 0 Å². The van der Waals surface area contributed by atoms with E-state index in [2.05, 4.69) is 12.2 Å². The van der Waals surface area contributed by atoms with Gasteiger partial charge in [-0.25, -0.2) is 0 Å². The Bertz CT molecular complexity index is 381. The van der Waals surface area contributed by atoms with Crippen molar-refractivity contribution in [3.63, 3.8) is 0 Å². The molecule has 0 saturated carbocycles.